The Bertz CT molecular complexity index is 847. The molecule has 2 aliphatic heterocycles. The van der Waals surface area contributed by atoms with Gasteiger partial charge in [0.05, 0.1) is 38.8 Å². The molecule has 0 N–H and O–H groups in total. The van der Waals surface area contributed by atoms with Gasteiger partial charge in [0.15, 0.2) is 5.69 Å². The van der Waals surface area contributed by atoms with Crippen molar-refractivity contribution in [3.05, 3.63) is 34.6 Å². The maximum absolute atomic E-state index is 13.1. The van der Waals surface area contributed by atoms with Gasteiger partial charge >= 0.3 is 0 Å². The van der Waals surface area contributed by atoms with Gasteiger partial charge in [-0.25, -0.2) is 0 Å². The zero-order valence-electron chi connectivity index (χ0n) is 14.9. The van der Waals surface area contributed by atoms with Crippen LogP contribution in [-0.4, -0.2) is 47.8 Å². The molecule has 0 atom stereocenters. The fourth-order valence-electron chi connectivity index (χ4n) is 3.56. The summed E-state index contributed by atoms with van der Waals surface area (Å²) < 4.78 is 12.5. The Hall–Kier alpha value is -2.12. The van der Waals surface area contributed by atoms with E-state index in [-0.39, 0.29) is 11.3 Å². The summed E-state index contributed by atoms with van der Waals surface area (Å²) in [5, 5.41) is 8.87. The van der Waals surface area contributed by atoms with Crippen LogP contribution in [0.3, 0.4) is 0 Å². The maximum atomic E-state index is 13.1. The minimum Gasteiger partial charge on any atom is -0.495 e. The van der Waals surface area contributed by atoms with E-state index in [1.165, 1.54) is 0 Å². The predicted molar refractivity (Wildman–Crippen MR) is 96.9 cm³/mol. The molecule has 0 spiro atoms. The topological polar surface area (TPSA) is 69.5 Å². The van der Waals surface area contributed by atoms with Crippen LogP contribution in [0.25, 0.3) is 0 Å². The summed E-state index contributed by atoms with van der Waals surface area (Å²) in [4.78, 5) is 14.8. The van der Waals surface area contributed by atoms with Crippen LogP contribution in [-0.2, 0) is 17.7 Å². The lowest BCUT2D eigenvalue weighted by Crippen LogP contribution is -2.43. The summed E-state index contributed by atoms with van der Waals surface area (Å²) in [7, 11) is 1.60. The molecule has 0 radical (unpaired) electrons. The molecule has 1 amide bonds. The Kier molecular flexibility index (Phi) is 4.36. The van der Waals surface area contributed by atoms with Gasteiger partial charge in [0.1, 0.15) is 5.75 Å². The molecule has 0 saturated carbocycles. The lowest BCUT2D eigenvalue weighted by atomic mass is 9.89. The van der Waals surface area contributed by atoms with Crippen LogP contribution in [0.15, 0.2) is 18.3 Å². The van der Waals surface area contributed by atoms with Crippen molar-refractivity contribution in [3.63, 3.8) is 0 Å². The molecule has 0 bridgehead atoms. The smallest absolute Gasteiger partial charge is 0.280 e. The van der Waals surface area contributed by atoms with Crippen molar-refractivity contribution in [2.45, 2.75) is 26.3 Å². The van der Waals surface area contributed by atoms with Crippen molar-refractivity contribution in [2.75, 3.05) is 31.8 Å². The lowest BCUT2D eigenvalue weighted by molar-refractivity contribution is -0.111. The van der Waals surface area contributed by atoms with Crippen LogP contribution in [0, 0.1) is 5.41 Å². The Labute approximate surface area is 156 Å². The molecule has 1 fully saturated rings. The summed E-state index contributed by atoms with van der Waals surface area (Å²) in [6.07, 6.45) is 3.37. The van der Waals surface area contributed by atoms with E-state index in [1.54, 1.807) is 29.0 Å². The molecular weight excluding hydrogens is 356 g/mol. The number of nitrogens with zero attached hydrogens (tertiary/aromatic N) is 4. The van der Waals surface area contributed by atoms with Gasteiger partial charge in [0.2, 0.25) is 0 Å². The number of fused-ring (bicyclic) bond motifs is 1. The molecule has 0 unspecified atom stereocenters. The Morgan fingerprint density at radius 3 is 2.92 bits per heavy atom. The molecule has 1 saturated heterocycles. The first-order valence-electron chi connectivity index (χ1n) is 8.66. The predicted octanol–water partition coefficient (Wildman–Crippen LogP) is 2.57. The highest BCUT2D eigenvalue weighted by atomic mass is 35.5. The van der Waals surface area contributed by atoms with Crippen molar-refractivity contribution in [1.82, 2.24) is 15.0 Å². The van der Waals surface area contributed by atoms with E-state index in [0.717, 1.165) is 24.1 Å². The molecule has 1 aromatic carbocycles. The normalized spacial score (nSPS) is 18.2. The largest absolute Gasteiger partial charge is 0.495 e. The first-order chi connectivity index (χ1) is 12.5. The summed E-state index contributed by atoms with van der Waals surface area (Å²) in [5.74, 6) is 0.455. The van der Waals surface area contributed by atoms with Crippen molar-refractivity contribution in [2.24, 2.45) is 5.41 Å². The third kappa shape index (κ3) is 2.95. The van der Waals surface area contributed by atoms with E-state index in [0.29, 0.717) is 42.8 Å². The average Bonchev–Trinajstić information content (AvgIpc) is 3.08. The number of benzene rings is 1. The second-order valence-corrected chi connectivity index (χ2v) is 7.65. The summed E-state index contributed by atoms with van der Waals surface area (Å²) in [5.41, 5.74) is 2.06. The number of halogens is 1. The fraction of sp³-hybridized carbons (Fsp3) is 0.500. The number of amides is 1. The monoisotopic (exact) mass is 376 g/mol. The van der Waals surface area contributed by atoms with Gasteiger partial charge in [0.25, 0.3) is 5.91 Å². The standard InChI is InChI=1S/C18H21ClN4O3/c1-18(10-26-11-18)9-22-8-14(20-21-22)17(24)23-7-3-4-12-13(19)5-6-15(25-2)16(12)23/h5-6,8H,3-4,7,9-11H2,1-2H3. The van der Waals surface area contributed by atoms with E-state index >= 15 is 0 Å². The zero-order chi connectivity index (χ0) is 18.3. The molecule has 2 aliphatic rings. The highest BCUT2D eigenvalue weighted by molar-refractivity contribution is 6.32. The molecule has 1 aromatic heterocycles. The number of carbonyl (C=O) groups excluding carboxylic acids is 1. The van der Waals surface area contributed by atoms with Gasteiger partial charge in [-0.2, -0.15) is 0 Å². The highest BCUT2D eigenvalue weighted by Crippen LogP contribution is 2.40. The van der Waals surface area contributed by atoms with E-state index in [1.807, 2.05) is 6.07 Å². The summed E-state index contributed by atoms with van der Waals surface area (Å²) >= 11 is 6.35. The first kappa shape index (κ1) is 17.3. The molecule has 26 heavy (non-hydrogen) atoms. The molecule has 2 aromatic rings. The Morgan fingerprint density at radius 1 is 1.42 bits per heavy atom. The minimum absolute atomic E-state index is 0.0580. The third-order valence-corrected chi connectivity index (χ3v) is 5.29. The molecule has 3 heterocycles. The maximum Gasteiger partial charge on any atom is 0.280 e. The first-order valence-corrected chi connectivity index (χ1v) is 9.04. The van der Waals surface area contributed by atoms with Gasteiger partial charge in [-0.15, -0.1) is 5.10 Å². The fourth-order valence-corrected chi connectivity index (χ4v) is 3.81. The van der Waals surface area contributed by atoms with Crippen molar-refractivity contribution in [1.29, 1.82) is 0 Å². The van der Waals surface area contributed by atoms with Gasteiger partial charge in [-0.3, -0.25) is 9.48 Å². The second kappa shape index (κ2) is 6.55. The van der Waals surface area contributed by atoms with Crippen molar-refractivity contribution in [3.8, 4) is 5.75 Å². The number of aromatic nitrogens is 3. The number of ether oxygens (including phenoxy) is 2. The summed E-state index contributed by atoms with van der Waals surface area (Å²) in [6, 6.07) is 3.60. The third-order valence-electron chi connectivity index (χ3n) is 4.93. The number of methoxy groups -OCH3 is 1. The number of rotatable bonds is 4. The quantitative estimate of drug-likeness (QED) is 0.820. The summed E-state index contributed by atoms with van der Waals surface area (Å²) in [6.45, 7) is 4.81. The van der Waals surface area contributed by atoms with Gasteiger partial charge in [-0.1, -0.05) is 23.7 Å². The molecule has 7 nitrogen and oxygen atoms in total. The number of hydrogen-bond donors (Lipinski definition) is 0. The van der Waals surface area contributed by atoms with Crippen LogP contribution in [0.5, 0.6) is 5.75 Å². The van der Waals surface area contributed by atoms with Crippen LogP contribution in [0.2, 0.25) is 5.02 Å². The second-order valence-electron chi connectivity index (χ2n) is 7.24. The molecular formula is C18H21ClN4O3. The van der Waals surface area contributed by atoms with Crippen LogP contribution < -0.4 is 9.64 Å². The Morgan fingerprint density at radius 2 is 2.23 bits per heavy atom. The Balaban J connectivity index is 1.62. The average molecular weight is 377 g/mol. The van der Waals surface area contributed by atoms with Gasteiger partial charge in [0, 0.05) is 17.0 Å². The zero-order valence-corrected chi connectivity index (χ0v) is 15.6. The number of carbonyl (C=O) groups is 1. The van der Waals surface area contributed by atoms with Gasteiger partial charge < -0.3 is 14.4 Å². The molecule has 138 valence electrons. The lowest BCUT2D eigenvalue weighted by Gasteiger charge is -2.37. The van der Waals surface area contributed by atoms with E-state index < -0.39 is 0 Å². The van der Waals surface area contributed by atoms with Crippen LogP contribution >= 0.6 is 11.6 Å². The van der Waals surface area contributed by atoms with E-state index in [4.69, 9.17) is 21.1 Å². The highest BCUT2D eigenvalue weighted by Gasteiger charge is 2.35. The van der Waals surface area contributed by atoms with E-state index in [2.05, 4.69) is 17.2 Å². The van der Waals surface area contributed by atoms with Crippen LogP contribution in [0.4, 0.5) is 5.69 Å². The SMILES string of the molecule is COc1ccc(Cl)c2c1N(C(=O)c1cn(CC3(C)COC3)nn1)CCC2. The van der Waals surface area contributed by atoms with Crippen molar-refractivity contribution < 1.29 is 14.3 Å². The minimum atomic E-state index is -0.187. The van der Waals surface area contributed by atoms with Crippen LogP contribution in [0.1, 0.15) is 29.4 Å². The molecule has 4 rings (SSSR count). The molecule has 8 heteroatoms. The van der Waals surface area contributed by atoms with E-state index in [9.17, 15) is 4.79 Å². The number of hydrogen-bond acceptors (Lipinski definition) is 5. The molecule has 0 aliphatic carbocycles. The number of anilines is 1. The van der Waals surface area contributed by atoms with Crippen molar-refractivity contribution >= 4 is 23.2 Å². The van der Waals surface area contributed by atoms with Gasteiger partial charge in [-0.05, 0) is 30.5 Å².